The number of aryl methyl sites for hydroxylation is 1. The van der Waals surface area contributed by atoms with Crippen LogP contribution in [-0.4, -0.2) is 25.4 Å². The van der Waals surface area contributed by atoms with Gasteiger partial charge in [0.2, 0.25) is 5.91 Å². The number of halogens is 3. The fourth-order valence-corrected chi connectivity index (χ4v) is 3.83. The molecule has 2 aromatic rings. The maximum Gasteiger partial charge on any atom is 0.418 e. The molecule has 0 aromatic heterocycles. The molecule has 0 heterocycles. The van der Waals surface area contributed by atoms with Crippen LogP contribution in [0.3, 0.4) is 0 Å². The summed E-state index contributed by atoms with van der Waals surface area (Å²) in [6.07, 6.45) is -3.41. The molecule has 2 rings (SSSR count). The third kappa shape index (κ3) is 6.32. The number of carbonyl (C=O) groups is 1. The summed E-state index contributed by atoms with van der Waals surface area (Å²) in [4.78, 5) is 12.9. The van der Waals surface area contributed by atoms with Crippen molar-refractivity contribution in [3.63, 3.8) is 0 Å². The lowest BCUT2D eigenvalue weighted by Crippen LogP contribution is -2.17. The van der Waals surface area contributed by atoms with Crippen molar-refractivity contribution in [3.05, 3.63) is 47.5 Å². The minimum atomic E-state index is -4.56. The number of carbonyl (C=O) groups excluding carboxylic acids is 1. The molecule has 8 heteroatoms. The van der Waals surface area contributed by atoms with Crippen LogP contribution < -0.4 is 14.8 Å². The number of hydrogen-bond donors (Lipinski definition) is 1. The molecule has 0 aliphatic heterocycles. The Labute approximate surface area is 179 Å². The highest BCUT2D eigenvalue weighted by Crippen LogP contribution is 2.38. The van der Waals surface area contributed by atoms with E-state index >= 15 is 0 Å². The van der Waals surface area contributed by atoms with Gasteiger partial charge in [0.05, 0.1) is 25.5 Å². The van der Waals surface area contributed by atoms with Gasteiger partial charge in [0.15, 0.2) is 11.5 Å². The summed E-state index contributed by atoms with van der Waals surface area (Å²) in [7, 11) is 3.01. The molecule has 2 aromatic carbocycles. The van der Waals surface area contributed by atoms with Gasteiger partial charge in [-0.05, 0) is 42.7 Å². The Kier molecular flexibility index (Phi) is 8.46. The lowest BCUT2D eigenvalue weighted by molar-refractivity contribution is -0.137. The molecule has 30 heavy (non-hydrogen) atoms. The molecule has 1 N–H and O–H groups in total. The molecule has 1 amide bonds. The smallest absolute Gasteiger partial charge is 0.418 e. The zero-order valence-corrected chi connectivity index (χ0v) is 18.2. The fraction of sp³-hybridized carbons (Fsp3) is 0.409. The zero-order chi connectivity index (χ0) is 22.3. The molecule has 0 radical (unpaired) electrons. The number of thioether (sulfide) groups is 1. The summed E-state index contributed by atoms with van der Waals surface area (Å²) in [5.41, 5.74) is -0.343. The van der Waals surface area contributed by atoms with Gasteiger partial charge in [0, 0.05) is 16.6 Å². The van der Waals surface area contributed by atoms with Crippen LogP contribution >= 0.6 is 11.8 Å². The van der Waals surface area contributed by atoms with E-state index in [0.29, 0.717) is 22.8 Å². The maximum atomic E-state index is 13.5. The Morgan fingerprint density at radius 2 is 1.90 bits per heavy atom. The number of nitrogens with one attached hydrogen (secondary N) is 1. The number of alkyl halides is 3. The van der Waals surface area contributed by atoms with Crippen molar-refractivity contribution in [2.24, 2.45) is 0 Å². The topological polar surface area (TPSA) is 47.6 Å². The molecule has 1 unspecified atom stereocenters. The van der Waals surface area contributed by atoms with E-state index in [-0.39, 0.29) is 17.4 Å². The first-order valence-corrected chi connectivity index (χ1v) is 10.4. The first-order valence-electron chi connectivity index (χ1n) is 9.57. The summed E-state index contributed by atoms with van der Waals surface area (Å²) >= 11 is 1.38. The van der Waals surface area contributed by atoms with Crippen LogP contribution in [0, 0.1) is 0 Å². The van der Waals surface area contributed by atoms with Crippen LogP contribution in [0.4, 0.5) is 18.9 Å². The summed E-state index contributed by atoms with van der Waals surface area (Å²) in [5.74, 6) is 0.534. The van der Waals surface area contributed by atoms with Crippen LogP contribution in [0.15, 0.2) is 41.3 Å². The maximum absolute atomic E-state index is 13.5. The Morgan fingerprint density at radius 3 is 2.50 bits per heavy atom. The van der Waals surface area contributed by atoms with Gasteiger partial charge in [-0.3, -0.25) is 4.79 Å². The third-order valence-electron chi connectivity index (χ3n) is 4.59. The SMILES string of the molecule is CCC(C)Sc1ccc(NC(=O)CCc2cccc(OC)c2OC)c(C(F)(F)F)c1. The third-order valence-corrected chi connectivity index (χ3v) is 5.85. The van der Waals surface area contributed by atoms with Gasteiger partial charge in [-0.1, -0.05) is 26.0 Å². The second kappa shape index (κ2) is 10.6. The largest absolute Gasteiger partial charge is 0.493 e. The average molecular weight is 442 g/mol. The molecule has 0 saturated heterocycles. The number of para-hydroxylation sites is 1. The van der Waals surface area contributed by atoms with Gasteiger partial charge >= 0.3 is 6.18 Å². The van der Waals surface area contributed by atoms with Gasteiger partial charge in [0.1, 0.15) is 0 Å². The highest BCUT2D eigenvalue weighted by atomic mass is 32.2. The lowest BCUT2D eigenvalue weighted by Gasteiger charge is -2.17. The summed E-state index contributed by atoms with van der Waals surface area (Å²) in [6.45, 7) is 3.94. The molecule has 0 fully saturated rings. The van der Waals surface area contributed by atoms with Gasteiger partial charge in [-0.15, -0.1) is 11.8 Å². The average Bonchev–Trinajstić information content (AvgIpc) is 2.71. The molecule has 1 atom stereocenters. The van der Waals surface area contributed by atoms with Crippen molar-refractivity contribution < 1.29 is 27.4 Å². The second-order valence-electron chi connectivity index (χ2n) is 6.74. The van der Waals surface area contributed by atoms with E-state index in [9.17, 15) is 18.0 Å². The van der Waals surface area contributed by atoms with Crippen LogP contribution in [0.5, 0.6) is 11.5 Å². The van der Waals surface area contributed by atoms with Gasteiger partial charge in [-0.2, -0.15) is 13.2 Å². The number of methoxy groups -OCH3 is 2. The van der Waals surface area contributed by atoms with Crippen molar-refractivity contribution in [1.29, 1.82) is 0 Å². The number of hydrogen-bond acceptors (Lipinski definition) is 4. The molecule has 4 nitrogen and oxygen atoms in total. The predicted molar refractivity (Wildman–Crippen MR) is 114 cm³/mol. The van der Waals surface area contributed by atoms with Crippen molar-refractivity contribution in [1.82, 2.24) is 0 Å². The molecular weight excluding hydrogens is 415 g/mol. The number of rotatable bonds is 9. The summed E-state index contributed by atoms with van der Waals surface area (Å²) in [6, 6.07) is 9.31. The van der Waals surface area contributed by atoms with Gasteiger partial charge in [0.25, 0.3) is 0 Å². The predicted octanol–water partition coefficient (Wildman–Crippen LogP) is 6.18. The zero-order valence-electron chi connectivity index (χ0n) is 17.4. The highest BCUT2D eigenvalue weighted by Gasteiger charge is 2.34. The standard InChI is InChI=1S/C22H26F3NO3S/c1-5-14(2)30-16-10-11-18(17(13-16)22(23,24)25)26-20(27)12-9-15-7-6-8-19(28-3)21(15)29-4/h6-8,10-11,13-14H,5,9,12H2,1-4H3,(H,26,27). The van der Waals surface area contributed by atoms with E-state index in [0.717, 1.165) is 18.1 Å². The Balaban J connectivity index is 2.15. The van der Waals surface area contributed by atoms with Crippen LogP contribution in [-0.2, 0) is 17.4 Å². The van der Waals surface area contributed by atoms with E-state index < -0.39 is 17.6 Å². The Morgan fingerprint density at radius 1 is 1.17 bits per heavy atom. The molecule has 0 saturated carbocycles. The van der Waals surface area contributed by atoms with E-state index in [1.165, 1.54) is 32.0 Å². The normalized spacial score (nSPS) is 12.4. The summed E-state index contributed by atoms with van der Waals surface area (Å²) in [5, 5.41) is 2.61. The van der Waals surface area contributed by atoms with Crippen LogP contribution in [0.2, 0.25) is 0 Å². The van der Waals surface area contributed by atoms with Crippen molar-refractivity contribution in [2.75, 3.05) is 19.5 Å². The first kappa shape index (κ1) is 23.9. The molecular formula is C22H26F3NO3S. The number of amides is 1. The van der Waals surface area contributed by atoms with E-state index in [2.05, 4.69) is 5.32 Å². The van der Waals surface area contributed by atoms with Crippen molar-refractivity contribution in [3.8, 4) is 11.5 Å². The highest BCUT2D eigenvalue weighted by molar-refractivity contribution is 7.99. The number of benzene rings is 2. The Hall–Kier alpha value is -2.35. The first-order chi connectivity index (χ1) is 14.2. The van der Waals surface area contributed by atoms with Crippen LogP contribution in [0.1, 0.15) is 37.8 Å². The van der Waals surface area contributed by atoms with E-state index in [1.807, 2.05) is 13.8 Å². The van der Waals surface area contributed by atoms with Crippen LogP contribution in [0.25, 0.3) is 0 Å². The minimum absolute atomic E-state index is 0.00416. The number of ether oxygens (including phenoxy) is 2. The van der Waals surface area contributed by atoms with Gasteiger partial charge in [-0.25, -0.2) is 0 Å². The molecule has 0 aliphatic rings. The Bertz CT molecular complexity index is 871. The molecule has 164 valence electrons. The van der Waals surface area contributed by atoms with E-state index in [4.69, 9.17) is 9.47 Å². The monoisotopic (exact) mass is 441 g/mol. The van der Waals surface area contributed by atoms with Crippen molar-refractivity contribution >= 4 is 23.4 Å². The van der Waals surface area contributed by atoms with E-state index in [1.54, 1.807) is 24.3 Å². The van der Waals surface area contributed by atoms with Gasteiger partial charge < -0.3 is 14.8 Å². The number of anilines is 1. The minimum Gasteiger partial charge on any atom is -0.493 e. The molecule has 0 spiro atoms. The summed E-state index contributed by atoms with van der Waals surface area (Å²) < 4.78 is 51.2. The second-order valence-corrected chi connectivity index (χ2v) is 8.25. The molecule has 0 bridgehead atoms. The van der Waals surface area contributed by atoms with Crippen molar-refractivity contribution in [2.45, 2.75) is 49.4 Å². The molecule has 0 aliphatic carbocycles. The quantitative estimate of drug-likeness (QED) is 0.472. The fourth-order valence-electron chi connectivity index (χ4n) is 2.87. The lowest BCUT2D eigenvalue weighted by atomic mass is 10.1.